The Morgan fingerprint density at radius 2 is 1.89 bits per heavy atom. The Bertz CT molecular complexity index is 1220. The van der Waals surface area contributed by atoms with Crippen LogP contribution in [0.4, 0.5) is 10.1 Å². The third-order valence-corrected chi connectivity index (χ3v) is 5.36. The fraction of sp³-hybridized carbons (Fsp3) is 0.111. The summed E-state index contributed by atoms with van der Waals surface area (Å²) >= 11 is 0. The number of nitrogens with one attached hydrogen (secondary N) is 3. The predicted octanol–water partition coefficient (Wildman–Crippen LogP) is 1.90. The number of aromatic nitrogens is 1. The van der Waals surface area contributed by atoms with Gasteiger partial charge in [0, 0.05) is 29.4 Å². The van der Waals surface area contributed by atoms with Crippen LogP contribution in [0.25, 0.3) is 10.9 Å². The van der Waals surface area contributed by atoms with Gasteiger partial charge in [0.2, 0.25) is 10.0 Å². The number of carbonyl (C=O) groups excluding carboxylic acids is 1. The number of nitrogens with zero attached hydrogens (tertiary/aromatic N) is 1. The van der Waals surface area contributed by atoms with E-state index in [-0.39, 0.29) is 10.8 Å². The number of hydrazone groups is 1. The van der Waals surface area contributed by atoms with Crippen LogP contribution in [0, 0.1) is 5.82 Å². The molecule has 0 saturated heterocycles. The minimum absolute atomic E-state index is 0.00986. The Morgan fingerprint density at radius 1 is 1.14 bits per heavy atom. The van der Waals surface area contributed by atoms with Gasteiger partial charge in [-0.25, -0.2) is 17.9 Å². The molecule has 0 radical (unpaired) electrons. The summed E-state index contributed by atoms with van der Waals surface area (Å²) in [6.45, 7) is 0.378. The number of H-pyrrole nitrogens is 1. The second-order valence-electron chi connectivity index (χ2n) is 6.31. The van der Waals surface area contributed by atoms with E-state index in [0.717, 1.165) is 0 Å². The van der Waals surface area contributed by atoms with Crippen molar-refractivity contribution in [2.45, 2.75) is 11.3 Å². The number of hydrogen-bond acceptors (Lipinski definition) is 5. The number of amides is 1. The topological polar surface area (TPSA) is 129 Å². The molecule has 4 rings (SSSR count). The van der Waals surface area contributed by atoms with Crippen molar-refractivity contribution in [3.63, 3.8) is 0 Å². The summed E-state index contributed by atoms with van der Waals surface area (Å²) in [4.78, 5) is 15.3. The first-order valence-electron chi connectivity index (χ1n) is 8.38. The third kappa shape index (κ3) is 3.35. The van der Waals surface area contributed by atoms with Crippen molar-refractivity contribution in [3.05, 3.63) is 59.5 Å². The molecule has 0 unspecified atom stereocenters. The smallest absolute Gasteiger partial charge is 0.268 e. The van der Waals surface area contributed by atoms with Gasteiger partial charge in [-0.05, 0) is 42.5 Å². The maximum absolute atomic E-state index is 13.8. The number of primary sulfonamides is 1. The predicted molar refractivity (Wildman–Crippen MR) is 103 cm³/mol. The molecule has 0 fully saturated rings. The molecule has 1 amide bonds. The molecule has 1 aliphatic heterocycles. The van der Waals surface area contributed by atoms with Crippen LogP contribution in [0.1, 0.15) is 22.5 Å². The molecule has 1 aliphatic rings. The Balaban J connectivity index is 1.74. The van der Waals surface area contributed by atoms with Gasteiger partial charge in [-0.1, -0.05) is 0 Å². The standard InChI is InChI=1S/C18H16FN5O3S/c19-10-1-6-14-13(9-10)16-15(7-8-21-18(25)17(16)22-14)24-23-11-2-4-12(5-3-11)28(20,26)27/h1-6,9,22-23H,7-8H2,(H,21,25)(H2,20,26,27). The molecule has 1 aromatic heterocycles. The van der Waals surface area contributed by atoms with Crippen LogP contribution in [0.2, 0.25) is 0 Å². The van der Waals surface area contributed by atoms with Crippen molar-refractivity contribution < 1.29 is 17.6 Å². The molecule has 3 aromatic rings. The van der Waals surface area contributed by atoms with Gasteiger partial charge >= 0.3 is 0 Å². The molecule has 2 heterocycles. The number of carbonyl (C=O) groups is 1. The molecule has 2 aromatic carbocycles. The summed E-state index contributed by atoms with van der Waals surface area (Å²) in [6, 6.07) is 10.0. The minimum Gasteiger partial charge on any atom is -0.350 e. The van der Waals surface area contributed by atoms with Crippen molar-refractivity contribution in [2.24, 2.45) is 10.2 Å². The molecule has 8 nitrogen and oxygen atoms in total. The van der Waals surface area contributed by atoms with E-state index < -0.39 is 15.8 Å². The van der Waals surface area contributed by atoms with E-state index in [9.17, 15) is 17.6 Å². The highest BCUT2D eigenvalue weighted by Gasteiger charge is 2.25. The lowest BCUT2D eigenvalue weighted by molar-refractivity contribution is 0.0952. The summed E-state index contributed by atoms with van der Waals surface area (Å²) in [5, 5.41) is 12.8. The van der Waals surface area contributed by atoms with E-state index in [2.05, 4.69) is 20.8 Å². The Hall–Kier alpha value is -3.24. The van der Waals surface area contributed by atoms with E-state index in [0.29, 0.717) is 46.5 Å². The Morgan fingerprint density at radius 3 is 2.61 bits per heavy atom. The largest absolute Gasteiger partial charge is 0.350 e. The SMILES string of the molecule is NS(=O)(=O)c1ccc(NN=C2CCNC(=O)c3[nH]c4ccc(F)cc4c32)cc1. The monoisotopic (exact) mass is 401 g/mol. The molecule has 144 valence electrons. The van der Waals surface area contributed by atoms with E-state index >= 15 is 0 Å². The zero-order chi connectivity index (χ0) is 19.9. The highest BCUT2D eigenvalue weighted by Crippen LogP contribution is 2.27. The molecule has 0 spiro atoms. The number of hydrogen-bond donors (Lipinski definition) is 4. The zero-order valence-electron chi connectivity index (χ0n) is 14.5. The summed E-state index contributed by atoms with van der Waals surface area (Å²) in [5.74, 6) is -0.695. The van der Waals surface area contributed by atoms with Crippen LogP contribution >= 0.6 is 0 Å². The summed E-state index contributed by atoms with van der Waals surface area (Å²) in [7, 11) is -3.78. The fourth-order valence-electron chi connectivity index (χ4n) is 3.10. The number of halogens is 1. The van der Waals surface area contributed by atoms with Crippen LogP contribution in [-0.2, 0) is 10.0 Å². The van der Waals surface area contributed by atoms with E-state index in [1.807, 2.05) is 0 Å². The van der Waals surface area contributed by atoms with Gasteiger partial charge in [0.15, 0.2) is 0 Å². The van der Waals surface area contributed by atoms with Crippen LogP contribution in [0.3, 0.4) is 0 Å². The van der Waals surface area contributed by atoms with Crippen molar-refractivity contribution in [1.29, 1.82) is 0 Å². The first kappa shape index (κ1) is 18.1. The normalized spacial score (nSPS) is 15.9. The number of sulfonamides is 1. The van der Waals surface area contributed by atoms with Crippen LogP contribution in [0.5, 0.6) is 0 Å². The first-order valence-corrected chi connectivity index (χ1v) is 9.93. The van der Waals surface area contributed by atoms with Crippen LogP contribution in [0.15, 0.2) is 52.5 Å². The first-order chi connectivity index (χ1) is 13.3. The van der Waals surface area contributed by atoms with Crippen molar-refractivity contribution in [3.8, 4) is 0 Å². The number of nitrogens with two attached hydrogens (primary N) is 1. The van der Waals surface area contributed by atoms with Gasteiger partial charge in [0.25, 0.3) is 5.91 Å². The quantitative estimate of drug-likeness (QED) is 0.500. The number of rotatable bonds is 3. The lowest BCUT2D eigenvalue weighted by Crippen LogP contribution is -2.23. The van der Waals surface area contributed by atoms with Gasteiger partial charge in [-0.15, -0.1) is 0 Å². The minimum atomic E-state index is -3.78. The summed E-state index contributed by atoms with van der Waals surface area (Å²) in [5.41, 5.74) is 5.45. The zero-order valence-corrected chi connectivity index (χ0v) is 15.3. The average Bonchev–Trinajstić information content (AvgIpc) is 2.95. The van der Waals surface area contributed by atoms with Gasteiger partial charge in [-0.3, -0.25) is 10.2 Å². The summed E-state index contributed by atoms with van der Waals surface area (Å²) in [6.07, 6.45) is 0.435. The molecule has 0 atom stereocenters. The maximum atomic E-state index is 13.8. The number of anilines is 1. The molecule has 5 N–H and O–H groups in total. The molecular formula is C18H16FN5O3S. The highest BCUT2D eigenvalue weighted by atomic mass is 32.2. The number of aromatic amines is 1. The lowest BCUT2D eigenvalue weighted by atomic mass is 10.0. The van der Waals surface area contributed by atoms with Gasteiger partial charge in [0.05, 0.1) is 16.3 Å². The molecule has 28 heavy (non-hydrogen) atoms. The van der Waals surface area contributed by atoms with Gasteiger partial charge < -0.3 is 10.3 Å². The van der Waals surface area contributed by atoms with E-state index in [4.69, 9.17) is 5.14 Å². The molecule has 0 aliphatic carbocycles. The van der Waals surface area contributed by atoms with Gasteiger partial charge in [0.1, 0.15) is 11.5 Å². The van der Waals surface area contributed by atoms with Crippen LogP contribution < -0.4 is 15.9 Å². The van der Waals surface area contributed by atoms with Gasteiger partial charge in [-0.2, -0.15) is 5.10 Å². The Kier molecular flexibility index (Phi) is 4.36. The second kappa shape index (κ2) is 6.73. The van der Waals surface area contributed by atoms with Crippen molar-refractivity contribution in [1.82, 2.24) is 10.3 Å². The highest BCUT2D eigenvalue weighted by molar-refractivity contribution is 7.89. The molecular weight excluding hydrogens is 385 g/mol. The molecule has 10 heteroatoms. The second-order valence-corrected chi connectivity index (χ2v) is 7.87. The number of fused-ring (bicyclic) bond motifs is 3. The summed E-state index contributed by atoms with van der Waals surface area (Å²) < 4.78 is 36.4. The Labute approximate surface area is 159 Å². The lowest BCUT2D eigenvalue weighted by Gasteiger charge is -2.07. The fourth-order valence-corrected chi connectivity index (χ4v) is 3.62. The number of benzene rings is 2. The average molecular weight is 401 g/mol. The van der Waals surface area contributed by atoms with Crippen molar-refractivity contribution >= 4 is 38.2 Å². The van der Waals surface area contributed by atoms with Crippen molar-refractivity contribution in [2.75, 3.05) is 12.0 Å². The van der Waals surface area contributed by atoms with Crippen LogP contribution in [-0.4, -0.2) is 31.6 Å². The molecule has 0 bridgehead atoms. The molecule has 0 saturated carbocycles. The van der Waals surface area contributed by atoms with E-state index in [1.54, 1.807) is 6.07 Å². The maximum Gasteiger partial charge on any atom is 0.268 e. The van der Waals surface area contributed by atoms with E-state index in [1.165, 1.54) is 36.4 Å². The third-order valence-electron chi connectivity index (χ3n) is 4.43.